The quantitative estimate of drug-likeness (QED) is 0.555. The van der Waals surface area contributed by atoms with Gasteiger partial charge in [0.1, 0.15) is 11.3 Å². The third kappa shape index (κ3) is 5.76. The lowest BCUT2D eigenvalue weighted by Gasteiger charge is -2.31. The molecule has 2 aromatic rings. The molecule has 1 saturated heterocycles. The van der Waals surface area contributed by atoms with Crippen molar-refractivity contribution in [2.75, 3.05) is 37.4 Å². The van der Waals surface area contributed by atoms with Crippen LogP contribution in [0, 0.1) is 19.8 Å². The number of rotatable bonds is 7. The molecule has 0 saturated carbocycles. The van der Waals surface area contributed by atoms with E-state index in [-0.39, 0.29) is 46.3 Å². The minimum Gasteiger partial charge on any atom is -0.496 e. The van der Waals surface area contributed by atoms with Crippen molar-refractivity contribution in [3.05, 3.63) is 33.3 Å². The number of aromatic carboxylic acids is 1. The van der Waals surface area contributed by atoms with Crippen molar-refractivity contribution in [1.82, 2.24) is 9.88 Å². The van der Waals surface area contributed by atoms with Gasteiger partial charge in [0.2, 0.25) is 11.8 Å². The molecule has 1 fully saturated rings. The minimum absolute atomic E-state index is 0.0871. The summed E-state index contributed by atoms with van der Waals surface area (Å²) in [5.74, 6) is -1.81. The number of ether oxygens (including phenoxy) is 1. The lowest BCUT2D eigenvalue weighted by Crippen LogP contribution is -2.44. The normalized spacial score (nSPS) is 16.4. The zero-order valence-electron chi connectivity index (χ0n) is 18.0. The van der Waals surface area contributed by atoms with Crippen LogP contribution in [0.15, 0.2) is 12.1 Å². The molecule has 0 bridgehead atoms. The number of nitrogens with zero attached hydrogens (tertiary/aromatic N) is 2. The van der Waals surface area contributed by atoms with Gasteiger partial charge in [-0.1, -0.05) is 11.6 Å². The molecule has 1 aliphatic heterocycles. The number of carboxylic acid groups (broad SMARTS) is 1. The van der Waals surface area contributed by atoms with Crippen LogP contribution in [0.3, 0.4) is 0 Å². The van der Waals surface area contributed by atoms with Gasteiger partial charge in [0.05, 0.1) is 36.0 Å². The second-order valence-electron chi connectivity index (χ2n) is 7.61. The standard InChI is InChI=1S/C21H25ClN4O5S/c1-11-12(2)32-21(23-11)25-18(27)10-26-6-4-5-13(9-26)19(28)24-16-8-17(31-3)14(20(29)30)7-15(16)22/h7-8,13H,4-6,9-10H2,1-3H3,(H,24,28)(H,29,30)(H,23,25,27). The first-order valence-electron chi connectivity index (χ1n) is 10.1. The Morgan fingerprint density at radius 3 is 2.69 bits per heavy atom. The van der Waals surface area contributed by atoms with Gasteiger partial charge in [-0.3, -0.25) is 14.5 Å². The van der Waals surface area contributed by atoms with Gasteiger partial charge >= 0.3 is 5.97 Å². The number of halogens is 1. The number of thiazole rings is 1. The molecule has 11 heteroatoms. The Bertz CT molecular complexity index is 1020. The first-order chi connectivity index (χ1) is 15.2. The second kappa shape index (κ2) is 10.3. The molecule has 0 radical (unpaired) electrons. The summed E-state index contributed by atoms with van der Waals surface area (Å²) in [7, 11) is 1.35. The van der Waals surface area contributed by atoms with Gasteiger partial charge in [0.15, 0.2) is 5.13 Å². The van der Waals surface area contributed by atoms with Crippen molar-refractivity contribution in [2.24, 2.45) is 5.92 Å². The van der Waals surface area contributed by atoms with E-state index in [2.05, 4.69) is 15.6 Å². The topological polar surface area (TPSA) is 121 Å². The Morgan fingerprint density at radius 1 is 1.31 bits per heavy atom. The van der Waals surface area contributed by atoms with Crippen LogP contribution in [0.5, 0.6) is 5.75 Å². The number of carbonyl (C=O) groups excluding carboxylic acids is 2. The molecular weight excluding hydrogens is 456 g/mol. The van der Waals surface area contributed by atoms with Crippen molar-refractivity contribution in [2.45, 2.75) is 26.7 Å². The van der Waals surface area contributed by atoms with Gasteiger partial charge in [-0.2, -0.15) is 0 Å². The highest BCUT2D eigenvalue weighted by molar-refractivity contribution is 7.15. The predicted molar refractivity (Wildman–Crippen MR) is 123 cm³/mol. The summed E-state index contributed by atoms with van der Waals surface area (Å²) in [6.45, 7) is 5.16. The Hall–Kier alpha value is -2.69. The zero-order chi connectivity index (χ0) is 23.4. The number of likely N-dealkylation sites (tertiary alicyclic amines) is 1. The minimum atomic E-state index is -1.18. The number of anilines is 2. The summed E-state index contributed by atoms with van der Waals surface area (Å²) in [6, 6.07) is 2.65. The molecule has 1 atom stereocenters. The number of amides is 2. The molecule has 1 aromatic heterocycles. The van der Waals surface area contributed by atoms with Crippen LogP contribution in [0.25, 0.3) is 0 Å². The summed E-state index contributed by atoms with van der Waals surface area (Å²) in [5, 5.41) is 15.5. The molecule has 0 spiro atoms. The van der Waals surface area contributed by atoms with E-state index in [0.717, 1.165) is 23.5 Å². The van der Waals surface area contributed by atoms with E-state index in [0.29, 0.717) is 18.1 Å². The average Bonchev–Trinajstić information content (AvgIpc) is 3.05. The zero-order valence-corrected chi connectivity index (χ0v) is 19.6. The Balaban J connectivity index is 1.60. The van der Waals surface area contributed by atoms with Crippen molar-refractivity contribution in [1.29, 1.82) is 0 Å². The fraction of sp³-hybridized carbons (Fsp3) is 0.429. The third-order valence-corrected chi connectivity index (χ3v) is 6.60. The van der Waals surface area contributed by atoms with E-state index in [9.17, 15) is 19.5 Å². The van der Waals surface area contributed by atoms with E-state index in [1.807, 2.05) is 18.7 Å². The fourth-order valence-corrected chi connectivity index (χ4v) is 4.56. The average molecular weight is 481 g/mol. The maximum absolute atomic E-state index is 12.8. The predicted octanol–water partition coefficient (Wildman–Crippen LogP) is 3.41. The number of piperidine rings is 1. The van der Waals surface area contributed by atoms with Crippen LogP contribution in [-0.2, 0) is 9.59 Å². The number of hydrogen-bond donors (Lipinski definition) is 3. The molecule has 3 N–H and O–H groups in total. The molecular formula is C21H25ClN4O5S. The van der Waals surface area contributed by atoms with Crippen molar-refractivity contribution in [3.8, 4) is 5.75 Å². The first-order valence-corrected chi connectivity index (χ1v) is 11.2. The van der Waals surface area contributed by atoms with Crippen molar-refractivity contribution in [3.63, 3.8) is 0 Å². The molecule has 2 amide bonds. The highest BCUT2D eigenvalue weighted by Crippen LogP contribution is 2.32. The number of methoxy groups -OCH3 is 1. The monoisotopic (exact) mass is 480 g/mol. The third-order valence-electron chi connectivity index (χ3n) is 5.30. The molecule has 32 heavy (non-hydrogen) atoms. The van der Waals surface area contributed by atoms with Crippen LogP contribution in [-0.4, -0.2) is 59.5 Å². The summed E-state index contributed by atoms with van der Waals surface area (Å²) < 4.78 is 5.10. The van der Waals surface area contributed by atoms with E-state index in [1.165, 1.54) is 30.6 Å². The molecule has 0 aliphatic carbocycles. The summed E-state index contributed by atoms with van der Waals surface area (Å²) in [4.78, 5) is 43.9. The van der Waals surface area contributed by atoms with Crippen LogP contribution in [0.4, 0.5) is 10.8 Å². The molecule has 1 aromatic carbocycles. The van der Waals surface area contributed by atoms with Gasteiger partial charge in [0.25, 0.3) is 0 Å². The lowest BCUT2D eigenvalue weighted by atomic mass is 9.97. The maximum Gasteiger partial charge on any atom is 0.339 e. The first kappa shape index (κ1) is 24.0. The number of aromatic nitrogens is 1. The molecule has 172 valence electrons. The number of carboxylic acids is 1. The molecule has 9 nitrogen and oxygen atoms in total. The number of benzene rings is 1. The number of nitrogens with one attached hydrogen (secondary N) is 2. The molecule has 1 aliphatic rings. The number of carbonyl (C=O) groups is 3. The smallest absolute Gasteiger partial charge is 0.339 e. The van der Waals surface area contributed by atoms with E-state index in [1.54, 1.807) is 0 Å². The molecule has 2 heterocycles. The lowest BCUT2D eigenvalue weighted by molar-refractivity contribution is -0.123. The Labute approximate surface area is 194 Å². The van der Waals surface area contributed by atoms with Gasteiger partial charge in [-0.05, 0) is 39.3 Å². The van der Waals surface area contributed by atoms with Crippen LogP contribution in [0.1, 0.15) is 33.8 Å². The van der Waals surface area contributed by atoms with E-state index >= 15 is 0 Å². The van der Waals surface area contributed by atoms with Gasteiger partial charge in [0, 0.05) is 17.5 Å². The number of aryl methyl sites for hydroxylation is 2. The maximum atomic E-state index is 12.8. The van der Waals surface area contributed by atoms with Crippen LogP contribution in [0.2, 0.25) is 5.02 Å². The van der Waals surface area contributed by atoms with Crippen molar-refractivity contribution >= 4 is 51.5 Å². The van der Waals surface area contributed by atoms with Crippen molar-refractivity contribution < 1.29 is 24.2 Å². The summed E-state index contributed by atoms with van der Waals surface area (Å²) in [6.07, 6.45) is 1.45. The van der Waals surface area contributed by atoms with E-state index in [4.69, 9.17) is 16.3 Å². The molecule has 1 unspecified atom stereocenters. The van der Waals surface area contributed by atoms with E-state index < -0.39 is 5.97 Å². The van der Waals surface area contributed by atoms with Gasteiger partial charge < -0.3 is 20.5 Å². The second-order valence-corrected chi connectivity index (χ2v) is 9.22. The Kier molecular flexibility index (Phi) is 7.70. The molecule has 3 rings (SSSR count). The summed E-state index contributed by atoms with van der Waals surface area (Å²) in [5.41, 5.74) is 1.09. The highest BCUT2D eigenvalue weighted by Gasteiger charge is 2.28. The van der Waals surface area contributed by atoms with Gasteiger partial charge in [-0.25, -0.2) is 9.78 Å². The summed E-state index contributed by atoms with van der Waals surface area (Å²) >= 11 is 7.60. The SMILES string of the molecule is COc1cc(NC(=O)C2CCCN(CC(=O)Nc3nc(C)c(C)s3)C2)c(Cl)cc1C(=O)O. The van der Waals surface area contributed by atoms with Gasteiger partial charge in [-0.15, -0.1) is 11.3 Å². The van der Waals surface area contributed by atoms with Crippen LogP contribution >= 0.6 is 22.9 Å². The van der Waals surface area contributed by atoms with Crippen LogP contribution < -0.4 is 15.4 Å². The highest BCUT2D eigenvalue weighted by atomic mass is 35.5. The number of hydrogen-bond acceptors (Lipinski definition) is 7. The largest absolute Gasteiger partial charge is 0.496 e. The Morgan fingerprint density at radius 2 is 2.06 bits per heavy atom. The fourth-order valence-electron chi connectivity index (χ4n) is 3.52.